The summed E-state index contributed by atoms with van der Waals surface area (Å²) < 4.78 is 5.32. The van der Waals surface area contributed by atoms with Crippen molar-refractivity contribution < 1.29 is 4.74 Å². The average Bonchev–Trinajstić information content (AvgIpc) is 2.66. The molecule has 0 spiro atoms. The second kappa shape index (κ2) is 3.75. The molecule has 2 rings (SSSR count). The van der Waals surface area contributed by atoms with Crippen molar-refractivity contribution in [3.63, 3.8) is 0 Å². The highest BCUT2D eigenvalue weighted by Crippen LogP contribution is 2.33. The van der Waals surface area contributed by atoms with Crippen LogP contribution in [0.15, 0.2) is 0 Å². The van der Waals surface area contributed by atoms with Crippen LogP contribution in [-0.2, 0) is 4.74 Å². The van der Waals surface area contributed by atoms with Gasteiger partial charge < -0.3 is 10.1 Å². The zero-order valence-corrected chi connectivity index (χ0v) is 7.88. The van der Waals surface area contributed by atoms with E-state index < -0.39 is 0 Å². The van der Waals surface area contributed by atoms with Crippen LogP contribution < -0.4 is 5.32 Å². The lowest BCUT2D eigenvalue weighted by molar-refractivity contribution is 0.187. The SMILES string of the molecule is CC(CC1CC1)NC1CCOC1. The van der Waals surface area contributed by atoms with Crippen LogP contribution in [0.3, 0.4) is 0 Å². The maximum Gasteiger partial charge on any atom is 0.0620 e. The predicted molar refractivity (Wildman–Crippen MR) is 49.2 cm³/mol. The molecule has 1 saturated heterocycles. The number of nitrogens with one attached hydrogen (secondary N) is 1. The van der Waals surface area contributed by atoms with Crippen molar-refractivity contribution in [1.82, 2.24) is 5.32 Å². The first-order valence-electron chi connectivity index (χ1n) is 5.18. The van der Waals surface area contributed by atoms with Gasteiger partial charge in [0.1, 0.15) is 0 Å². The molecule has 2 aliphatic rings. The fraction of sp³-hybridized carbons (Fsp3) is 1.00. The highest BCUT2D eigenvalue weighted by atomic mass is 16.5. The van der Waals surface area contributed by atoms with E-state index in [9.17, 15) is 0 Å². The molecule has 2 fully saturated rings. The fourth-order valence-corrected chi connectivity index (χ4v) is 1.99. The molecule has 2 atom stereocenters. The molecule has 1 saturated carbocycles. The minimum Gasteiger partial charge on any atom is -0.380 e. The van der Waals surface area contributed by atoms with E-state index in [4.69, 9.17) is 4.74 Å². The molecule has 0 aromatic heterocycles. The van der Waals surface area contributed by atoms with Gasteiger partial charge in [-0.2, -0.15) is 0 Å². The maximum atomic E-state index is 5.32. The van der Waals surface area contributed by atoms with E-state index >= 15 is 0 Å². The Morgan fingerprint density at radius 3 is 2.83 bits per heavy atom. The molecule has 2 nitrogen and oxygen atoms in total. The molecule has 70 valence electrons. The smallest absolute Gasteiger partial charge is 0.0620 e. The van der Waals surface area contributed by atoms with E-state index in [1.807, 2.05) is 0 Å². The lowest BCUT2D eigenvalue weighted by atomic mass is 10.1. The largest absolute Gasteiger partial charge is 0.380 e. The summed E-state index contributed by atoms with van der Waals surface area (Å²) in [5.41, 5.74) is 0. The van der Waals surface area contributed by atoms with Gasteiger partial charge in [-0.3, -0.25) is 0 Å². The zero-order valence-electron chi connectivity index (χ0n) is 7.88. The molecular weight excluding hydrogens is 150 g/mol. The molecule has 1 aliphatic heterocycles. The van der Waals surface area contributed by atoms with Crippen LogP contribution >= 0.6 is 0 Å². The molecular formula is C10H19NO. The van der Waals surface area contributed by atoms with Gasteiger partial charge in [0.25, 0.3) is 0 Å². The normalized spacial score (nSPS) is 32.2. The standard InChI is InChI=1S/C10H19NO/c1-8(6-9-2-3-9)11-10-4-5-12-7-10/h8-11H,2-7H2,1H3. The van der Waals surface area contributed by atoms with E-state index in [2.05, 4.69) is 12.2 Å². The van der Waals surface area contributed by atoms with Crippen LogP contribution in [0, 0.1) is 5.92 Å². The summed E-state index contributed by atoms with van der Waals surface area (Å²) in [7, 11) is 0. The van der Waals surface area contributed by atoms with Crippen LogP contribution in [0.2, 0.25) is 0 Å². The number of ether oxygens (including phenoxy) is 1. The summed E-state index contributed by atoms with van der Waals surface area (Å²) in [6.45, 7) is 4.18. The van der Waals surface area contributed by atoms with Crippen molar-refractivity contribution in [3.05, 3.63) is 0 Å². The van der Waals surface area contributed by atoms with Gasteiger partial charge >= 0.3 is 0 Å². The quantitative estimate of drug-likeness (QED) is 0.689. The van der Waals surface area contributed by atoms with Gasteiger partial charge in [-0.05, 0) is 25.7 Å². The van der Waals surface area contributed by atoms with Gasteiger partial charge in [-0.1, -0.05) is 12.8 Å². The molecule has 0 bridgehead atoms. The lowest BCUT2D eigenvalue weighted by Gasteiger charge is -2.17. The van der Waals surface area contributed by atoms with E-state index in [0.717, 1.165) is 19.1 Å². The molecule has 0 radical (unpaired) electrons. The molecule has 12 heavy (non-hydrogen) atoms. The maximum absolute atomic E-state index is 5.32. The number of hydrogen-bond donors (Lipinski definition) is 1. The summed E-state index contributed by atoms with van der Waals surface area (Å²) in [5.74, 6) is 1.04. The molecule has 0 aromatic carbocycles. The number of rotatable bonds is 4. The van der Waals surface area contributed by atoms with Crippen molar-refractivity contribution in [2.45, 2.75) is 44.7 Å². The molecule has 0 aromatic rings. The fourth-order valence-electron chi connectivity index (χ4n) is 1.99. The highest BCUT2D eigenvalue weighted by Gasteiger charge is 2.25. The molecule has 2 unspecified atom stereocenters. The Morgan fingerprint density at radius 2 is 2.25 bits per heavy atom. The monoisotopic (exact) mass is 169 g/mol. The van der Waals surface area contributed by atoms with Gasteiger partial charge in [-0.15, -0.1) is 0 Å². The molecule has 1 aliphatic carbocycles. The van der Waals surface area contributed by atoms with Crippen LogP contribution in [0.1, 0.15) is 32.6 Å². The Balaban J connectivity index is 1.62. The minimum atomic E-state index is 0.638. The summed E-state index contributed by atoms with van der Waals surface area (Å²) in [6.07, 6.45) is 5.51. The van der Waals surface area contributed by atoms with E-state index in [0.29, 0.717) is 12.1 Å². The third-order valence-corrected chi connectivity index (χ3v) is 2.83. The van der Waals surface area contributed by atoms with Gasteiger partial charge in [0.05, 0.1) is 6.61 Å². The van der Waals surface area contributed by atoms with E-state index in [1.54, 1.807) is 0 Å². The van der Waals surface area contributed by atoms with E-state index in [-0.39, 0.29) is 0 Å². The third-order valence-electron chi connectivity index (χ3n) is 2.83. The van der Waals surface area contributed by atoms with Crippen LogP contribution in [0.25, 0.3) is 0 Å². The Morgan fingerprint density at radius 1 is 1.42 bits per heavy atom. The first-order valence-corrected chi connectivity index (χ1v) is 5.18. The lowest BCUT2D eigenvalue weighted by Crippen LogP contribution is -2.37. The Hall–Kier alpha value is -0.0800. The summed E-state index contributed by atoms with van der Waals surface area (Å²) in [4.78, 5) is 0. The number of hydrogen-bond acceptors (Lipinski definition) is 2. The van der Waals surface area contributed by atoms with Crippen molar-refractivity contribution in [2.75, 3.05) is 13.2 Å². The van der Waals surface area contributed by atoms with Crippen molar-refractivity contribution in [3.8, 4) is 0 Å². The first kappa shape index (κ1) is 8.52. The van der Waals surface area contributed by atoms with Crippen molar-refractivity contribution in [1.29, 1.82) is 0 Å². The van der Waals surface area contributed by atoms with Crippen LogP contribution in [-0.4, -0.2) is 25.3 Å². The van der Waals surface area contributed by atoms with Gasteiger partial charge in [0.2, 0.25) is 0 Å². The van der Waals surface area contributed by atoms with Gasteiger partial charge in [0, 0.05) is 18.7 Å². The van der Waals surface area contributed by atoms with E-state index in [1.165, 1.54) is 25.7 Å². The second-order valence-corrected chi connectivity index (χ2v) is 4.31. The Bertz CT molecular complexity index is 139. The molecule has 2 heteroatoms. The third kappa shape index (κ3) is 2.46. The highest BCUT2D eigenvalue weighted by molar-refractivity contribution is 4.81. The predicted octanol–water partition coefficient (Wildman–Crippen LogP) is 1.55. The van der Waals surface area contributed by atoms with Crippen LogP contribution in [0.5, 0.6) is 0 Å². The zero-order chi connectivity index (χ0) is 8.39. The second-order valence-electron chi connectivity index (χ2n) is 4.31. The molecule has 1 heterocycles. The van der Waals surface area contributed by atoms with Gasteiger partial charge in [0.15, 0.2) is 0 Å². The molecule has 0 amide bonds. The van der Waals surface area contributed by atoms with Crippen molar-refractivity contribution in [2.24, 2.45) is 5.92 Å². The first-order chi connectivity index (χ1) is 5.84. The topological polar surface area (TPSA) is 21.3 Å². The summed E-state index contributed by atoms with van der Waals surface area (Å²) in [5, 5.41) is 3.63. The van der Waals surface area contributed by atoms with Gasteiger partial charge in [-0.25, -0.2) is 0 Å². The minimum absolute atomic E-state index is 0.638. The Kier molecular flexibility index (Phi) is 2.66. The average molecular weight is 169 g/mol. The van der Waals surface area contributed by atoms with Crippen molar-refractivity contribution >= 4 is 0 Å². The Labute approximate surface area is 74.7 Å². The molecule has 1 N–H and O–H groups in total. The summed E-state index contributed by atoms with van der Waals surface area (Å²) >= 11 is 0. The summed E-state index contributed by atoms with van der Waals surface area (Å²) in [6, 6.07) is 1.34. The van der Waals surface area contributed by atoms with Crippen LogP contribution in [0.4, 0.5) is 0 Å².